The molecule has 1 heterocycles. The first-order valence-corrected chi connectivity index (χ1v) is 10.7. The van der Waals surface area contributed by atoms with Gasteiger partial charge in [0.2, 0.25) is 0 Å². The number of aliphatic hydroxyl groups excluding tert-OH is 1. The Hall–Kier alpha value is -1.39. The van der Waals surface area contributed by atoms with Crippen LogP contribution < -0.4 is 4.74 Å². The summed E-state index contributed by atoms with van der Waals surface area (Å²) < 4.78 is 5.50. The lowest BCUT2D eigenvalue weighted by molar-refractivity contribution is -0.132. The fourth-order valence-corrected chi connectivity index (χ4v) is 5.91. The maximum Gasteiger partial charge on any atom is 0.139 e. The van der Waals surface area contributed by atoms with E-state index in [0.29, 0.717) is 18.4 Å². The van der Waals surface area contributed by atoms with Crippen LogP contribution in [0.4, 0.5) is 0 Å². The Labute approximate surface area is 161 Å². The number of Topliss-reactive ketones (excluding diaryl/α,β-unsaturated/α-hetero) is 1. The SMILES string of the molecule is COc1ccc2c(c1)[C@@H]1CCN(CC3CC3)[C@H]3CC(O)[C@H](C[C@H]3C2)C(=O)C1. The van der Waals surface area contributed by atoms with Gasteiger partial charge in [-0.1, -0.05) is 6.07 Å². The number of hydrogen-bond donors (Lipinski definition) is 1. The van der Waals surface area contributed by atoms with Crippen LogP contribution in [0.2, 0.25) is 0 Å². The second kappa shape index (κ2) is 6.89. The maximum absolute atomic E-state index is 13.1. The second-order valence-corrected chi connectivity index (χ2v) is 9.34. The first-order valence-electron chi connectivity index (χ1n) is 10.7. The highest BCUT2D eigenvalue weighted by atomic mass is 16.5. The predicted octanol–water partition coefficient (Wildman–Crippen LogP) is 3.17. The topological polar surface area (TPSA) is 49.8 Å². The summed E-state index contributed by atoms with van der Waals surface area (Å²) in [6, 6.07) is 6.88. The van der Waals surface area contributed by atoms with E-state index in [2.05, 4.69) is 23.1 Å². The molecule has 1 aromatic rings. The van der Waals surface area contributed by atoms with Crippen molar-refractivity contribution in [2.24, 2.45) is 17.8 Å². The zero-order chi connectivity index (χ0) is 18.5. The minimum absolute atomic E-state index is 0.161. The van der Waals surface area contributed by atoms with Gasteiger partial charge in [0.25, 0.3) is 0 Å². The number of nitrogens with zero attached hydrogens (tertiary/aromatic N) is 1. The molecule has 0 saturated heterocycles. The molecule has 3 aliphatic carbocycles. The van der Waals surface area contributed by atoms with Crippen molar-refractivity contribution >= 4 is 5.78 Å². The minimum atomic E-state index is -0.463. The van der Waals surface area contributed by atoms with Gasteiger partial charge in [-0.3, -0.25) is 9.69 Å². The van der Waals surface area contributed by atoms with E-state index in [1.165, 1.54) is 30.5 Å². The summed E-state index contributed by atoms with van der Waals surface area (Å²) in [4.78, 5) is 15.8. The molecule has 1 aromatic carbocycles. The van der Waals surface area contributed by atoms with E-state index in [9.17, 15) is 9.90 Å². The Morgan fingerprint density at radius 2 is 2.04 bits per heavy atom. The van der Waals surface area contributed by atoms with E-state index in [0.717, 1.165) is 43.9 Å². The van der Waals surface area contributed by atoms with Crippen LogP contribution in [0.25, 0.3) is 0 Å². The van der Waals surface area contributed by atoms with Gasteiger partial charge in [-0.2, -0.15) is 0 Å². The number of carbonyl (C=O) groups is 1. The van der Waals surface area contributed by atoms with Crippen molar-refractivity contribution in [2.75, 3.05) is 20.2 Å². The Kier molecular flexibility index (Phi) is 4.52. The Morgan fingerprint density at radius 1 is 1.19 bits per heavy atom. The van der Waals surface area contributed by atoms with Crippen LogP contribution in [-0.2, 0) is 11.2 Å². The molecular formula is C23H31NO3. The van der Waals surface area contributed by atoms with Crippen LogP contribution in [0.5, 0.6) is 5.75 Å². The average molecular weight is 370 g/mol. The number of methoxy groups -OCH3 is 1. The molecular weight excluding hydrogens is 338 g/mol. The lowest BCUT2D eigenvalue weighted by Crippen LogP contribution is -2.52. The first-order chi connectivity index (χ1) is 13.1. The first kappa shape index (κ1) is 17.7. The quantitative estimate of drug-likeness (QED) is 0.889. The highest BCUT2D eigenvalue weighted by Gasteiger charge is 2.45. The molecule has 3 bridgehead atoms. The van der Waals surface area contributed by atoms with Gasteiger partial charge in [0.05, 0.1) is 13.2 Å². The van der Waals surface area contributed by atoms with Gasteiger partial charge in [0.1, 0.15) is 11.5 Å². The third kappa shape index (κ3) is 3.31. The van der Waals surface area contributed by atoms with E-state index in [-0.39, 0.29) is 17.6 Å². The van der Waals surface area contributed by atoms with E-state index < -0.39 is 6.10 Å². The van der Waals surface area contributed by atoms with Gasteiger partial charge in [0, 0.05) is 24.9 Å². The molecule has 27 heavy (non-hydrogen) atoms. The highest BCUT2D eigenvalue weighted by molar-refractivity contribution is 5.83. The fourth-order valence-electron chi connectivity index (χ4n) is 5.91. The average Bonchev–Trinajstić information content (AvgIpc) is 3.47. The summed E-state index contributed by atoms with van der Waals surface area (Å²) in [6.07, 6.45) is 6.50. The number of fused-ring (bicyclic) bond motifs is 1. The predicted molar refractivity (Wildman–Crippen MR) is 104 cm³/mol. The number of aliphatic hydroxyl groups is 1. The van der Waals surface area contributed by atoms with Crippen LogP contribution in [0.15, 0.2) is 18.2 Å². The summed E-state index contributed by atoms with van der Waals surface area (Å²) in [5.74, 6) is 2.57. The molecule has 4 heteroatoms. The van der Waals surface area contributed by atoms with Gasteiger partial charge in [-0.25, -0.2) is 0 Å². The van der Waals surface area contributed by atoms with Crippen molar-refractivity contribution in [3.63, 3.8) is 0 Å². The Balaban J connectivity index is 1.58. The van der Waals surface area contributed by atoms with Crippen LogP contribution >= 0.6 is 0 Å². The lowest BCUT2D eigenvalue weighted by Gasteiger charge is -2.45. The van der Waals surface area contributed by atoms with Crippen molar-refractivity contribution in [3.05, 3.63) is 29.3 Å². The highest BCUT2D eigenvalue weighted by Crippen LogP contribution is 2.44. The molecule has 0 radical (unpaired) electrons. The molecule has 4 aliphatic rings. The van der Waals surface area contributed by atoms with Crippen molar-refractivity contribution in [2.45, 2.75) is 63.0 Å². The number of hydrogen-bond acceptors (Lipinski definition) is 4. The number of benzene rings is 1. The molecule has 2 saturated carbocycles. The number of ether oxygens (including phenoxy) is 1. The molecule has 0 aromatic heterocycles. The van der Waals surface area contributed by atoms with E-state index >= 15 is 0 Å². The molecule has 2 fully saturated rings. The van der Waals surface area contributed by atoms with Gasteiger partial charge in [-0.15, -0.1) is 0 Å². The van der Waals surface area contributed by atoms with Gasteiger partial charge >= 0.3 is 0 Å². The van der Waals surface area contributed by atoms with Crippen LogP contribution in [0.3, 0.4) is 0 Å². The molecule has 0 spiro atoms. The normalized spacial score (nSPS) is 36.4. The summed E-state index contributed by atoms with van der Waals surface area (Å²) in [5.41, 5.74) is 2.71. The molecule has 1 unspecified atom stereocenters. The monoisotopic (exact) mass is 369 g/mol. The standard InChI is InChI=1S/C23H31NO3/c1-27-18-5-4-15-8-17-9-20-22(25)10-16(19(15)11-18)6-7-24(13-14-2-3-14)21(17)12-23(20)26/h4-5,11,14,16-17,20-21,23,26H,2-3,6-10,12-13H2,1H3/t16-,17-,20-,21+,23?/m1/s1. The molecule has 4 nitrogen and oxygen atoms in total. The smallest absolute Gasteiger partial charge is 0.139 e. The lowest BCUT2D eigenvalue weighted by atomic mass is 9.71. The van der Waals surface area contributed by atoms with E-state index in [1.54, 1.807) is 7.11 Å². The van der Waals surface area contributed by atoms with E-state index in [4.69, 9.17) is 4.74 Å². The van der Waals surface area contributed by atoms with Gasteiger partial charge in [0.15, 0.2) is 0 Å². The second-order valence-electron chi connectivity index (χ2n) is 9.34. The molecule has 1 N–H and O–H groups in total. The molecule has 5 atom stereocenters. The largest absolute Gasteiger partial charge is 0.497 e. The molecule has 5 rings (SSSR count). The van der Waals surface area contributed by atoms with Crippen molar-refractivity contribution in [1.82, 2.24) is 4.90 Å². The van der Waals surface area contributed by atoms with Crippen LogP contribution in [0.1, 0.15) is 55.6 Å². The van der Waals surface area contributed by atoms with Gasteiger partial charge < -0.3 is 9.84 Å². The zero-order valence-electron chi connectivity index (χ0n) is 16.3. The number of carbonyl (C=O) groups excluding carboxylic acids is 1. The molecule has 1 aliphatic heterocycles. The van der Waals surface area contributed by atoms with Crippen molar-refractivity contribution in [3.8, 4) is 5.75 Å². The molecule has 146 valence electrons. The summed E-state index contributed by atoms with van der Waals surface area (Å²) in [5, 5.41) is 10.8. The minimum Gasteiger partial charge on any atom is -0.497 e. The van der Waals surface area contributed by atoms with Crippen molar-refractivity contribution < 1.29 is 14.6 Å². The van der Waals surface area contributed by atoms with Gasteiger partial charge in [-0.05, 0) is 86.1 Å². The van der Waals surface area contributed by atoms with Crippen molar-refractivity contribution in [1.29, 1.82) is 0 Å². The van der Waals surface area contributed by atoms with Crippen LogP contribution in [-0.4, -0.2) is 48.1 Å². The Morgan fingerprint density at radius 3 is 2.81 bits per heavy atom. The van der Waals surface area contributed by atoms with Crippen LogP contribution in [0, 0.1) is 17.8 Å². The number of rotatable bonds is 3. The summed E-state index contributed by atoms with van der Waals surface area (Å²) in [6.45, 7) is 2.22. The van der Waals surface area contributed by atoms with E-state index in [1.807, 2.05) is 0 Å². The summed E-state index contributed by atoms with van der Waals surface area (Å²) >= 11 is 0. The molecule has 0 amide bonds. The summed E-state index contributed by atoms with van der Waals surface area (Å²) in [7, 11) is 1.71. The number of ketones is 1. The maximum atomic E-state index is 13.1. The fraction of sp³-hybridized carbons (Fsp3) is 0.696. The zero-order valence-corrected chi connectivity index (χ0v) is 16.3. The third-order valence-corrected chi connectivity index (χ3v) is 7.61. The Bertz CT molecular complexity index is 728. The third-order valence-electron chi connectivity index (χ3n) is 7.61.